The molecule has 0 heterocycles. The highest BCUT2D eigenvalue weighted by atomic mass is 14.9. The van der Waals surface area contributed by atoms with E-state index < -0.39 is 0 Å². The van der Waals surface area contributed by atoms with E-state index in [2.05, 4.69) is 38.2 Å². The van der Waals surface area contributed by atoms with Crippen LogP contribution in [-0.2, 0) is 0 Å². The van der Waals surface area contributed by atoms with Gasteiger partial charge in [-0.3, -0.25) is 0 Å². The van der Waals surface area contributed by atoms with Gasteiger partial charge in [-0.15, -0.1) is 0 Å². The topological polar surface area (TPSA) is 12.0 Å². The number of rotatable bonds is 12. The van der Waals surface area contributed by atoms with E-state index in [0.29, 0.717) is 6.04 Å². The second-order valence-corrected chi connectivity index (χ2v) is 5.12. The van der Waals surface area contributed by atoms with E-state index in [0.717, 1.165) is 0 Å². The minimum absolute atomic E-state index is 0.638. The fraction of sp³-hybridized carbons (Fsp3) is 0.875. The Kier molecular flexibility index (Phi) is 13.5. The monoisotopic (exact) mass is 239 g/mol. The van der Waals surface area contributed by atoms with Crippen LogP contribution in [0.3, 0.4) is 0 Å². The van der Waals surface area contributed by atoms with Gasteiger partial charge in [0.15, 0.2) is 0 Å². The van der Waals surface area contributed by atoms with Crippen molar-refractivity contribution in [3.63, 3.8) is 0 Å². The molecule has 0 aliphatic heterocycles. The van der Waals surface area contributed by atoms with Crippen LogP contribution in [0, 0.1) is 0 Å². The Morgan fingerprint density at radius 3 is 2.29 bits per heavy atom. The Labute approximate surface area is 109 Å². The largest absolute Gasteiger partial charge is 0.314 e. The molecule has 0 bridgehead atoms. The molecule has 0 spiro atoms. The third-order valence-electron chi connectivity index (χ3n) is 3.15. The van der Waals surface area contributed by atoms with Crippen molar-refractivity contribution in [2.24, 2.45) is 0 Å². The van der Waals surface area contributed by atoms with Gasteiger partial charge in [-0.25, -0.2) is 0 Å². The number of nitrogens with one attached hydrogen (secondary N) is 1. The second-order valence-electron chi connectivity index (χ2n) is 5.12. The predicted octanol–water partition coefficient (Wildman–Crippen LogP) is 5.07. The molecule has 0 aromatic rings. The summed E-state index contributed by atoms with van der Waals surface area (Å²) in [5.74, 6) is 0. The van der Waals surface area contributed by atoms with Gasteiger partial charge in [0.05, 0.1) is 0 Å². The lowest BCUT2D eigenvalue weighted by molar-refractivity contribution is 0.523. The van der Waals surface area contributed by atoms with Crippen molar-refractivity contribution in [1.29, 1.82) is 0 Å². The van der Waals surface area contributed by atoms with Crippen LogP contribution in [0.5, 0.6) is 0 Å². The molecule has 0 rings (SSSR count). The van der Waals surface area contributed by atoms with Gasteiger partial charge in [-0.1, -0.05) is 58.1 Å². The van der Waals surface area contributed by atoms with Crippen LogP contribution in [0.1, 0.15) is 78.6 Å². The van der Waals surface area contributed by atoms with Gasteiger partial charge in [-0.05, 0) is 39.2 Å². The van der Waals surface area contributed by atoms with E-state index in [-0.39, 0.29) is 0 Å². The maximum atomic E-state index is 3.59. The smallest absolute Gasteiger partial charge is 0.00732 e. The molecular formula is C16H33N. The standard InChI is InChI=1S/C16H33N/c1-4-6-8-10-11-12-14-16(3)17-15-13-9-7-5-2/h11-12,16-17H,4-10,13-15H2,1-3H3/b12-11+. The minimum Gasteiger partial charge on any atom is -0.314 e. The van der Waals surface area contributed by atoms with Gasteiger partial charge >= 0.3 is 0 Å². The van der Waals surface area contributed by atoms with Crippen LogP contribution in [-0.4, -0.2) is 12.6 Å². The fourth-order valence-electron chi connectivity index (χ4n) is 1.91. The highest BCUT2D eigenvalue weighted by Gasteiger charge is 1.97. The first-order valence-corrected chi connectivity index (χ1v) is 7.69. The van der Waals surface area contributed by atoms with Crippen molar-refractivity contribution in [2.75, 3.05) is 6.54 Å². The van der Waals surface area contributed by atoms with Crippen LogP contribution >= 0.6 is 0 Å². The van der Waals surface area contributed by atoms with Gasteiger partial charge in [0, 0.05) is 6.04 Å². The Bertz CT molecular complexity index is 163. The van der Waals surface area contributed by atoms with E-state index in [1.165, 1.54) is 64.3 Å². The molecule has 1 N–H and O–H groups in total. The first kappa shape index (κ1) is 16.7. The van der Waals surface area contributed by atoms with Gasteiger partial charge in [0.1, 0.15) is 0 Å². The average Bonchev–Trinajstić information content (AvgIpc) is 2.33. The Morgan fingerprint density at radius 2 is 1.59 bits per heavy atom. The molecule has 1 heteroatoms. The normalized spacial score (nSPS) is 13.4. The van der Waals surface area contributed by atoms with Crippen LogP contribution in [0.15, 0.2) is 12.2 Å². The number of allylic oxidation sites excluding steroid dienone is 1. The van der Waals surface area contributed by atoms with Crippen LogP contribution in [0.2, 0.25) is 0 Å². The third-order valence-corrected chi connectivity index (χ3v) is 3.15. The first-order valence-electron chi connectivity index (χ1n) is 7.69. The molecule has 17 heavy (non-hydrogen) atoms. The fourth-order valence-corrected chi connectivity index (χ4v) is 1.91. The molecule has 1 atom stereocenters. The molecule has 0 aromatic heterocycles. The lowest BCUT2D eigenvalue weighted by Gasteiger charge is -2.11. The van der Waals surface area contributed by atoms with E-state index in [1.54, 1.807) is 0 Å². The quantitative estimate of drug-likeness (QED) is 0.370. The molecule has 0 aliphatic rings. The molecule has 0 amide bonds. The molecule has 1 unspecified atom stereocenters. The zero-order valence-electron chi connectivity index (χ0n) is 12.3. The molecule has 0 aromatic carbocycles. The summed E-state index contributed by atoms with van der Waals surface area (Å²) in [6.07, 6.45) is 16.6. The predicted molar refractivity (Wildman–Crippen MR) is 79.5 cm³/mol. The molecular weight excluding hydrogens is 206 g/mol. The molecule has 0 saturated carbocycles. The molecule has 102 valence electrons. The Morgan fingerprint density at radius 1 is 0.882 bits per heavy atom. The van der Waals surface area contributed by atoms with Crippen molar-refractivity contribution in [3.05, 3.63) is 12.2 Å². The molecule has 1 nitrogen and oxygen atoms in total. The Hall–Kier alpha value is -0.300. The molecule has 0 fully saturated rings. The van der Waals surface area contributed by atoms with Crippen molar-refractivity contribution in [3.8, 4) is 0 Å². The van der Waals surface area contributed by atoms with E-state index in [9.17, 15) is 0 Å². The van der Waals surface area contributed by atoms with E-state index in [4.69, 9.17) is 0 Å². The third kappa shape index (κ3) is 13.6. The van der Waals surface area contributed by atoms with Crippen molar-refractivity contribution >= 4 is 0 Å². The number of unbranched alkanes of at least 4 members (excludes halogenated alkanes) is 6. The van der Waals surface area contributed by atoms with Crippen molar-refractivity contribution < 1.29 is 0 Å². The summed E-state index contributed by atoms with van der Waals surface area (Å²) in [4.78, 5) is 0. The minimum atomic E-state index is 0.638. The van der Waals surface area contributed by atoms with Gasteiger partial charge < -0.3 is 5.32 Å². The van der Waals surface area contributed by atoms with Crippen molar-refractivity contribution in [1.82, 2.24) is 5.32 Å². The summed E-state index contributed by atoms with van der Waals surface area (Å²) in [6, 6.07) is 0.638. The van der Waals surface area contributed by atoms with E-state index >= 15 is 0 Å². The van der Waals surface area contributed by atoms with Crippen LogP contribution < -0.4 is 5.32 Å². The molecule has 0 aliphatic carbocycles. The summed E-state index contributed by atoms with van der Waals surface area (Å²) < 4.78 is 0. The maximum absolute atomic E-state index is 3.59. The summed E-state index contributed by atoms with van der Waals surface area (Å²) in [5.41, 5.74) is 0. The van der Waals surface area contributed by atoms with Gasteiger partial charge in [0.2, 0.25) is 0 Å². The highest BCUT2D eigenvalue weighted by Crippen LogP contribution is 2.02. The van der Waals surface area contributed by atoms with Gasteiger partial charge in [0.25, 0.3) is 0 Å². The molecule has 0 radical (unpaired) electrons. The molecule has 0 saturated heterocycles. The summed E-state index contributed by atoms with van der Waals surface area (Å²) in [6.45, 7) is 7.99. The maximum Gasteiger partial charge on any atom is 0.00732 e. The number of hydrogen-bond acceptors (Lipinski definition) is 1. The SMILES string of the molecule is CCCCC/C=C/CC(C)NCCCCCC. The van der Waals surface area contributed by atoms with Crippen molar-refractivity contribution in [2.45, 2.75) is 84.6 Å². The zero-order valence-corrected chi connectivity index (χ0v) is 12.3. The average molecular weight is 239 g/mol. The first-order chi connectivity index (χ1) is 8.31. The number of hydrogen-bond donors (Lipinski definition) is 1. The van der Waals surface area contributed by atoms with E-state index in [1.807, 2.05) is 0 Å². The Balaban J connectivity index is 3.24. The highest BCUT2D eigenvalue weighted by molar-refractivity contribution is 4.84. The lowest BCUT2D eigenvalue weighted by Crippen LogP contribution is -2.26. The summed E-state index contributed by atoms with van der Waals surface area (Å²) >= 11 is 0. The van der Waals surface area contributed by atoms with Gasteiger partial charge in [-0.2, -0.15) is 0 Å². The van der Waals surface area contributed by atoms with Crippen LogP contribution in [0.25, 0.3) is 0 Å². The van der Waals surface area contributed by atoms with Crippen LogP contribution in [0.4, 0.5) is 0 Å². The lowest BCUT2D eigenvalue weighted by atomic mass is 10.1. The summed E-state index contributed by atoms with van der Waals surface area (Å²) in [5, 5.41) is 3.59. The summed E-state index contributed by atoms with van der Waals surface area (Å²) in [7, 11) is 0. The second kappa shape index (κ2) is 13.8. The zero-order chi connectivity index (χ0) is 12.8.